The van der Waals surface area contributed by atoms with Crippen LogP contribution in [0.5, 0.6) is 5.75 Å². The Labute approximate surface area is 87.0 Å². The standard InChI is InChI=1S/C12H10O3/c1-8-7-10(13)12(15-8)11(14)9-5-3-2-4-6-9/h2-7,13H,1H3. The van der Waals surface area contributed by atoms with Gasteiger partial charge in [-0.1, -0.05) is 30.3 Å². The van der Waals surface area contributed by atoms with Crippen molar-refractivity contribution < 1.29 is 14.3 Å². The van der Waals surface area contributed by atoms with Crippen LogP contribution in [0, 0.1) is 6.92 Å². The molecule has 0 aliphatic heterocycles. The van der Waals surface area contributed by atoms with E-state index in [0.29, 0.717) is 11.3 Å². The first-order valence-corrected chi connectivity index (χ1v) is 4.57. The third-order valence-electron chi connectivity index (χ3n) is 2.08. The van der Waals surface area contributed by atoms with Crippen LogP contribution in [0.2, 0.25) is 0 Å². The molecule has 15 heavy (non-hydrogen) atoms. The van der Waals surface area contributed by atoms with Gasteiger partial charge in [0.1, 0.15) is 5.76 Å². The number of ketones is 1. The zero-order chi connectivity index (χ0) is 10.8. The molecule has 1 N–H and O–H groups in total. The quantitative estimate of drug-likeness (QED) is 0.761. The molecule has 3 heteroatoms. The van der Waals surface area contributed by atoms with Gasteiger partial charge < -0.3 is 9.52 Å². The van der Waals surface area contributed by atoms with E-state index in [-0.39, 0.29) is 17.3 Å². The molecule has 0 saturated carbocycles. The molecule has 0 aliphatic carbocycles. The summed E-state index contributed by atoms with van der Waals surface area (Å²) in [5.41, 5.74) is 0.502. The summed E-state index contributed by atoms with van der Waals surface area (Å²) in [7, 11) is 0. The lowest BCUT2D eigenvalue weighted by molar-refractivity contribution is 0.100. The zero-order valence-corrected chi connectivity index (χ0v) is 8.23. The highest BCUT2D eigenvalue weighted by Gasteiger charge is 2.17. The predicted molar refractivity (Wildman–Crippen MR) is 55.0 cm³/mol. The second-order valence-corrected chi connectivity index (χ2v) is 3.27. The summed E-state index contributed by atoms with van der Waals surface area (Å²) in [6.07, 6.45) is 0. The maximum Gasteiger partial charge on any atom is 0.232 e. The zero-order valence-electron chi connectivity index (χ0n) is 8.23. The number of aryl methyl sites for hydroxylation is 1. The van der Waals surface area contributed by atoms with E-state index in [1.807, 2.05) is 6.07 Å². The van der Waals surface area contributed by atoms with Crippen molar-refractivity contribution in [3.63, 3.8) is 0 Å². The van der Waals surface area contributed by atoms with E-state index in [9.17, 15) is 9.90 Å². The van der Waals surface area contributed by atoms with Crippen molar-refractivity contribution in [3.8, 4) is 5.75 Å². The molecule has 0 spiro atoms. The largest absolute Gasteiger partial charge is 0.504 e. The Bertz CT molecular complexity index is 483. The Morgan fingerprint density at radius 3 is 2.47 bits per heavy atom. The number of hydrogen-bond acceptors (Lipinski definition) is 3. The topological polar surface area (TPSA) is 50.4 Å². The molecule has 0 unspecified atom stereocenters. The minimum Gasteiger partial charge on any atom is -0.504 e. The van der Waals surface area contributed by atoms with E-state index < -0.39 is 0 Å². The average molecular weight is 202 g/mol. The molecule has 0 saturated heterocycles. The van der Waals surface area contributed by atoms with Crippen LogP contribution in [0.4, 0.5) is 0 Å². The molecule has 2 rings (SSSR count). The maximum absolute atomic E-state index is 11.8. The van der Waals surface area contributed by atoms with Gasteiger partial charge >= 0.3 is 0 Å². The van der Waals surface area contributed by atoms with Crippen LogP contribution < -0.4 is 0 Å². The van der Waals surface area contributed by atoms with Crippen LogP contribution in [-0.4, -0.2) is 10.9 Å². The van der Waals surface area contributed by atoms with E-state index in [2.05, 4.69) is 0 Å². The van der Waals surface area contributed by atoms with Crippen LogP contribution in [0.15, 0.2) is 40.8 Å². The van der Waals surface area contributed by atoms with Gasteiger partial charge in [-0.15, -0.1) is 0 Å². The number of rotatable bonds is 2. The number of hydrogen-bond donors (Lipinski definition) is 1. The summed E-state index contributed by atoms with van der Waals surface area (Å²) in [5.74, 6) is 0.105. The molecule has 76 valence electrons. The summed E-state index contributed by atoms with van der Waals surface area (Å²) >= 11 is 0. The highest BCUT2D eigenvalue weighted by Crippen LogP contribution is 2.24. The maximum atomic E-state index is 11.8. The molecule has 0 fully saturated rings. The Hall–Kier alpha value is -2.03. The van der Waals surface area contributed by atoms with Gasteiger partial charge in [-0.25, -0.2) is 0 Å². The van der Waals surface area contributed by atoms with Gasteiger partial charge in [0.15, 0.2) is 5.75 Å². The summed E-state index contributed by atoms with van der Waals surface area (Å²) in [6.45, 7) is 1.68. The van der Waals surface area contributed by atoms with Crippen molar-refractivity contribution in [1.29, 1.82) is 0 Å². The summed E-state index contributed by atoms with van der Waals surface area (Å²) in [5, 5.41) is 9.45. The van der Waals surface area contributed by atoms with Crippen molar-refractivity contribution in [2.45, 2.75) is 6.92 Å². The van der Waals surface area contributed by atoms with E-state index in [0.717, 1.165) is 0 Å². The molecule has 0 atom stereocenters. The number of furan rings is 1. The molecule has 1 heterocycles. The van der Waals surface area contributed by atoms with Gasteiger partial charge in [0.2, 0.25) is 11.5 Å². The minimum atomic E-state index is -0.304. The van der Waals surface area contributed by atoms with Crippen molar-refractivity contribution >= 4 is 5.78 Å². The van der Waals surface area contributed by atoms with Gasteiger partial charge in [0.05, 0.1) is 0 Å². The van der Waals surface area contributed by atoms with Crippen LogP contribution >= 0.6 is 0 Å². The fraction of sp³-hybridized carbons (Fsp3) is 0.0833. The molecular formula is C12H10O3. The lowest BCUT2D eigenvalue weighted by atomic mass is 10.1. The number of benzene rings is 1. The van der Waals surface area contributed by atoms with E-state index in [1.165, 1.54) is 6.07 Å². The van der Waals surface area contributed by atoms with Gasteiger partial charge in [-0.2, -0.15) is 0 Å². The molecule has 1 aromatic carbocycles. The molecule has 2 aromatic rings. The lowest BCUT2D eigenvalue weighted by Gasteiger charge is -1.97. The van der Waals surface area contributed by atoms with Crippen LogP contribution in [-0.2, 0) is 0 Å². The highest BCUT2D eigenvalue weighted by molar-refractivity contribution is 6.08. The van der Waals surface area contributed by atoms with Crippen LogP contribution in [0.3, 0.4) is 0 Å². The number of carbonyl (C=O) groups is 1. The van der Waals surface area contributed by atoms with Gasteiger partial charge in [-0.3, -0.25) is 4.79 Å². The molecular weight excluding hydrogens is 192 g/mol. The number of aromatic hydroxyl groups is 1. The van der Waals surface area contributed by atoms with Gasteiger partial charge in [0, 0.05) is 11.6 Å². The molecule has 3 nitrogen and oxygen atoms in total. The van der Waals surface area contributed by atoms with Crippen molar-refractivity contribution in [3.05, 3.63) is 53.5 Å². The Morgan fingerprint density at radius 2 is 1.93 bits per heavy atom. The third-order valence-corrected chi connectivity index (χ3v) is 2.08. The van der Waals surface area contributed by atoms with Gasteiger partial charge in [0.25, 0.3) is 0 Å². The molecule has 0 aliphatic rings. The van der Waals surface area contributed by atoms with Crippen molar-refractivity contribution in [2.24, 2.45) is 0 Å². The van der Waals surface area contributed by atoms with Crippen molar-refractivity contribution in [1.82, 2.24) is 0 Å². The molecule has 0 bridgehead atoms. The fourth-order valence-electron chi connectivity index (χ4n) is 1.38. The van der Waals surface area contributed by atoms with E-state index in [1.54, 1.807) is 31.2 Å². The smallest absolute Gasteiger partial charge is 0.232 e. The summed E-state index contributed by atoms with van der Waals surface area (Å²) < 4.78 is 5.13. The first-order valence-electron chi connectivity index (χ1n) is 4.57. The molecule has 1 aromatic heterocycles. The number of carbonyl (C=O) groups excluding carboxylic acids is 1. The van der Waals surface area contributed by atoms with Gasteiger partial charge in [-0.05, 0) is 6.92 Å². The third kappa shape index (κ3) is 1.76. The monoisotopic (exact) mass is 202 g/mol. The molecule has 0 radical (unpaired) electrons. The summed E-state index contributed by atoms with van der Waals surface area (Å²) in [4.78, 5) is 11.8. The SMILES string of the molecule is Cc1cc(O)c(C(=O)c2ccccc2)o1. The fourth-order valence-corrected chi connectivity index (χ4v) is 1.38. The first kappa shape index (κ1) is 9.52. The second kappa shape index (κ2) is 3.61. The summed E-state index contributed by atoms with van der Waals surface area (Å²) in [6, 6.07) is 10.1. The average Bonchev–Trinajstić information content (AvgIpc) is 2.58. The Morgan fingerprint density at radius 1 is 1.27 bits per heavy atom. The van der Waals surface area contributed by atoms with Crippen molar-refractivity contribution in [2.75, 3.05) is 0 Å². The highest BCUT2D eigenvalue weighted by atomic mass is 16.4. The molecule has 0 amide bonds. The normalized spacial score (nSPS) is 10.2. The lowest BCUT2D eigenvalue weighted by Crippen LogP contribution is -1.99. The Kier molecular flexibility index (Phi) is 2.29. The Balaban J connectivity index is 2.41. The second-order valence-electron chi connectivity index (χ2n) is 3.27. The van der Waals surface area contributed by atoms with Crippen LogP contribution in [0.1, 0.15) is 21.9 Å². The van der Waals surface area contributed by atoms with Crippen LogP contribution in [0.25, 0.3) is 0 Å². The van der Waals surface area contributed by atoms with E-state index >= 15 is 0 Å². The first-order chi connectivity index (χ1) is 7.18. The van der Waals surface area contributed by atoms with E-state index in [4.69, 9.17) is 4.42 Å². The predicted octanol–water partition coefficient (Wildman–Crippen LogP) is 2.52. The minimum absolute atomic E-state index is 0.00120.